The molecule has 0 saturated carbocycles. The maximum Gasteiger partial charge on any atom is 0.135 e. The Bertz CT molecular complexity index is 713. The van der Waals surface area contributed by atoms with E-state index in [1.807, 2.05) is 13.8 Å². The Morgan fingerprint density at radius 3 is 2.91 bits per heavy atom. The van der Waals surface area contributed by atoms with Gasteiger partial charge in [-0.05, 0) is 19.3 Å². The molecule has 5 heteroatoms. The topological polar surface area (TPSA) is 47.1 Å². The minimum atomic E-state index is 0.544. The third kappa shape index (κ3) is 2.69. The Morgan fingerprint density at radius 2 is 2.17 bits per heavy atom. The molecular formula is C18H26N4O. The van der Waals surface area contributed by atoms with Gasteiger partial charge in [0.1, 0.15) is 12.0 Å². The molecule has 2 aliphatic heterocycles. The molecule has 5 nitrogen and oxygen atoms in total. The standard InChI is InChI=1S/C16H20N4O.C2H6/c1-10(2)19-5-4-14-13(8-19)16-15-12(9-21-18-15)6-11(3)7-20(16)17-14;1-2/h9,11H,1,4-8H2,2-3H3;1-2H3. The van der Waals surface area contributed by atoms with Crippen molar-refractivity contribution < 1.29 is 4.52 Å². The van der Waals surface area contributed by atoms with E-state index in [4.69, 9.17) is 9.62 Å². The minimum Gasteiger partial charge on any atom is -0.371 e. The summed E-state index contributed by atoms with van der Waals surface area (Å²) in [6.07, 6.45) is 3.77. The van der Waals surface area contributed by atoms with E-state index in [1.165, 1.54) is 16.8 Å². The molecule has 2 aromatic heterocycles. The second kappa shape index (κ2) is 6.22. The van der Waals surface area contributed by atoms with Crippen LogP contribution < -0.4 is 0 Å². The predicted octanol–water partition coefficient (Wildman–Crippen LogP) is 3.65. The normalized spacial score (nSPS) is 19.0. The van der Waals surface area contributed by atoms with Crippen LogP contribution in [0.15, 0.2) is 23.1 Å². The molecule has 124 valence electrons. The molecule has 0 N–H and O–H groups in total. The fraction of sp³-hybridized carbons (Fsp3) is 0.556. The van der Waals surface area contributed by atoms with Gasteiger partial charge in [0.05, 0.1) is 11.4 Å². The maximum atomic E-state index is 5.24. The van der Waals surface area contributed by atoms with E-state index in [9.17, 15) is 0 Å². The van der Waals surface area contributed by atoms with Crippen LogP contribution in [0.2, 0.25) is 0 Å². The second-order valence-electron chi connectivity index (χ2n) is 6.36. The van der Waals surface area contributed by atoms with Crippen LogP contribution in [-0.2, 0) is 25.9 Å². The first-order valence-corrected chi connectivity index (χ1v) is 8.56. The van der Waals surface area contributed by atoms with E-state index >= 15 is 0 Å². The van der Waals surface area contributed by atoms with Gasteiger partial charge in [0, 0.05) is 42.9 Å². The molecule has 0 amide bonds. The molecule has 0 bridgehead atoms. The highest BCUT2D eigenvalue weighted by atomic mass is 16.5. The zero-order valence-corrected chi connectivity index (χ0v) is 14.6. The predicted molar refractivity (Wildman–Crippen MR) is 90.9 cm³/mol. The monoisotopic (exact) mass is 314 g/mol. The van der Waals surface area contributed by atoms with Crippen LogP contribution in [0.5, 0.6) is 0 Å². The molecule has 0 radical (unpaired) electrons. The molecule has 2 aromatic rings. The lowest BCUT2D eigenvalue weighted by atomic mass is 9.99. The van der Waals surface area contributed by atoms with Gasteiger partial charge in [-0.3, -0.25) is 4.68 Å². The molecule has 1 atom stereocenters. The molecule has 0 aliphatic carbocycles. The number of allylic oxidation sites excluding steroid dienone is 1. The van der Waals surface area contributed by atoms with E-state index < -0.39 is 0 Å². The number of nitrogens with zero attached hydrogens (tertiary/aromatic N) is 4. The van der Waals surface area contributed by atoms with Gasteiger partial charge in [-0.15, -0.1) is 0 Å². The van der Waals surface area contributed by atoms with Crippen molar-refractivity contribution in [3.8, 4) is 11.4 Å². The highest BCUT2D eigenvalue weighted by molar-refractivity contribution is 5.65. The largest absolute Gasteiger partial charge is 0.371 e. The Hall–Kier alpha value is -2.04. The van der Waals surface area contributed by atoms with Gasteiger partial charge in [0.2, 0.25) is 0 Å². The van der Waals surface area contributed by atoms with Crippen molar-refractivity contribution in [2.75, 3.05) is 6.54 Å². The van der Waals surface area contributed by atoms with Crippen LogP contribution in [0.4, 0.5) is 0 Å². The van der Waals surface area contributed by atoms with Crippen molar-refractivity contribution in [3.05, 3.63) is 35.4 Å². The molecule has 2 aliphatic rings. The summed E-state index contributed by atoms with van der Waals surface area (Å²) >= 11 is 0. The highest BCUT2D eigenvalue weighted by Gasteiger charge is 2.30. The van der Waals surface area contributed by atoms with E-state index in [0.29, 0.717) is 5.92 Å². The summed E-state index contributed by atoms with van der Waals surface area (Å²) in [6.45, 7) is 15.2. The molecule has 4 rings (SSSR count). The molecule has 23 heavy (non-hydrogen) atoms. The van der Waals surface area contributed by atoms with E-state index in [0.717, 1.165) is 49.6 Å². The molecule has 4 heterocycles. The van der Waals surface area contributed by atoms with Crippen molar-refractivity contribution in [2.45, 2.75) is 53.6 Å². The Balaban J connectivity index is 0.000000753. The number of rotatable bonds is 1. The van der Waals surface area contributed by atoms with Crippen LogP contribution in [0.25, 0.3) is 11.4 Å². The van der Waals surface area contributed by atoms with Gasteiger partial charge in [0.25, 0.3) is 0 Å². The summed E-state index contributed by atoms with van der Waals surface area (Å²) in [7, 11) is 0. The summed E-state index contributed by atoms with van der Waals surface area (Å²) in [4.78, 5) is 2.32. The van der Waals surface area contributed by atoms with Gasteiger partial charge in [0.15, 0.2) is 0 Å². The summed E-state index contributed by atoms with van der Waals surface area (Å²) in [5, 5.41) is 9.12. The van der Waals surface area contributed by atoms with Crippen LogP contribution in [-0.4, -0.2) is 26.4 Å². The van der Waals surface area contributed by atoms with Gasteiger partial charge >= 0.3 is 0 Å². The first-order valence-electron chi connectivity index (χ1n) is 8.56. The smallest absolute Gasteiger partial charge is 0.135 e. The summed E-state index contributed by atoms with van der Waals surface area (Å²) in [5.74, 6) is 0.544. The van der Waals surface area contributed by atoms with Crippen molar-refractivity contribution in [1.29, 1.82) is 0 Å². The van der Waals surface area contributed by atoms with E-state index in [-0.39, 0.29) is 0 Å². The third-order valence-corrected chi connectivity index (χ3v) is 4.56. The lowest BCUT2D eigenvalue weighted by molar-refractivity contribution is 0.323. The van der Waals surface area contributed by atoms with Crippen LogP contribution >= 0.6 is 0 Å². The van der Waals surface area contributed by atoms with E-state index in [2.05, 4.69) is 35.2 Å². The lowest BCUT2D eigenvalue weighted by Crippen LogP contribution is -2.28. The van der Waals surface area contributed by atoms with Gasteiger partial charge < -0.3 is 9.42 Å². The number of hydrogen-bond acceptors (Lipinski definition) is 4. The highest BCUT2D eigenvalue weighted by Crippen LogP contribution is 2.36. The van der Waals surface area contributed by atoms with Crippen molar-refractivity contribution >= 4 is 0 Å². The first-order chi connectivity index (χ1) is 11.1. The van der Waals surface area contributed by atoms with Crippen LogP contribution in [0.3, 0.4) is 0 Å². The molecule has 1 unspecified atom stereocenters. The Labute approximate surface area is 138 Å². The molecular weight excluding hydrogens is 288 g/mol. The van der Waals surface area contributed by atoms with Gasteiger partial charge in [-0.1, -0.05) is 32.5 Å². The van der Waals surface area contributed by atoms with Gasteiger partial charge in [-0.25, -0.2) is 0 Å². The van der Waals surface area contributed by atoms with Crippen LogP contribution in [0.1, 0.15) is 44.5 Å². The van der Waals surface area contributed by atoms with Crippen molar-refractivity contribution in [1.82, 2.24) is 19.8 Å². The maximum absolute atomic E-state index is 5.24. The SMILES string of the molecule is C=C(C)N1CCc2nn3c(c2C1)-c1nocc1CC(C)C3.CC. The Kier molecular flexibility index (Phi) is 4.28. The number of aromatic nitrogens is 3. The summed E-state index contributed by atoms with van der Waals surface area (Å²) in [6, 6.07) is 0. The first kappa shape index (κ1) is 15.8. The average molecular weight is 314 g/mol. The lowest BCUT2D eigenvalue weighted by Gasteiger charge is -2.28. The minimum absolute atomic E-state index is 0.544. The quantitative estimate of drug-likeness (QED) is 0.806. The zero-order chi connectivity index (χ0) is 16.6. The summed E-state index contributed by atoms with van der Waals surface area (Å²) in [5.41, 5.74) is 6.97. The van der Waals surface area contributed by atoms with Crippen LogP contribution in [0, 0.1) is 5.92 Å². The van der Waals surface area contributed by atoms with E-state index in [1.54, 1.807) is 6.26 Å². The zero-order valence-electron chi connectivity index (χ0n) is 14.6. The summed E-state index contributed by atoms with van der Waals surface area (Å²) < 4.78 is 7.39. The van der Waals surface area contributed by atoms with Crippen molar-refractivity contribution in [3.63, 3.8) is 0 Å². The third-order valence-electron chi connectivity index (χ3n) is 4.56. The van der Waals surface area contributed by atoms with Crippen molar-refractivity contribution in [2.24, 2.45) is 5.92 Å². The average Bonchev–Trinajstić information content (AvgIpc) is 3.09. The molecule has 0 aromatic carbocycles. The fourth-order valence-electron chi connectivity index (χ4n) is 3.48. The molecule has 0 spiro atoms. The molecule has 0 saturated heterocycles. The fourth-order valence-corrected chi connectivity index (χ4v) is 3.48. The number of hydrogen-bond donors (Lipinski definition) is 0. The second-order valence-corrected chi connectivity index (χ2v) is 6.36. The Morgan fingerprint density at radius 1 is 1.39 bits per heavy atom. The molecule has 0 fully saturated rings. The number of fused-ring (bicyclic) bond motifs is 5. The van der Waals surface area contributed by atoms with Gasteiger partial charge in [-0.2, -0.15) is 5.10 Å².